The summed E-state index contributed by atoms with van der Waals surface area (Å²) in [5.74, 6) is 3.26. The van der Waals surface area contributed by atoms with Crippen LogP contribution >= 0.6 is 11.5 Å². The topological polar surface area (TPSA) is 75.3 Å². The van der Waals surface area contributed by atoms with Crippen molar-refractivity contribution in [3.63, 3.8) is 0 Å². The van der Waals surface area contributed by atoms with E-state index in [0.29, 0.717) is 5.92 Å². The van der Waals surface area contributed by atoms with E-state index in [1.54, 1.807) is 0 Å². The fraction of sp³-hybridized carbons (Fsp3) is 0.562. The van der Waals surface area contributed by atoms with E-state index in [0.717, 1.165) is 67.3 Å². The van der Waals surface area contributed by atoms with Gasteiger partial charge in [0.05, 0.1) is 0 Å². The number of fused-ring (bicyclic) bond motifs is 1. The van der Waals surface area contributed by atoms with E-state index in [1.165, 1.54) is 18.0 Å². The summed E-state index contributed by atoms with van der Waals surface area (Å²) in [5.41, 5.74) is 0.835. The third-order valence-electron chi connectivity index (χ3n) is 5.10. The van der Waals surface area contributed by atoms with Crippen LogP contribution in [0, 0.1) is 6.92 Å². The molecule has 0 spiro atoms. The zero-order chi connectivity index (χ0) is 16.8. The Labute approximate surface area is 149 Å². The van der Waals surface area contributed by atoms with Crippen molar-refractivity contribution in [2.24, 2.45) is 0 Å². The summed E-state index contributed by atoms with van der Waals surface area (Å²) in [6.45, 7) is 6.07. The molecule has 5 rings (SSSR count). The van der Waals surface area contributed by atoms with Gasteiger partial charge in [-0.15, -0.1) is 15.3 Å². The van der Waals surface area contributed by atoms with E-state index in [9.17, 15) is 0 Å². The average molecular weight is 356 g/mol. The number of hydrogen-bond donors (Lipinski definition) is 0. The van der Waals surface area contributed by atoms with Crippen LogP contribution < -0.4 is 9.80 Å². The summed E-state index contributed by atoms with van der Waals surface area (Å²) in [4.78, 5) is 9.12. The van der Waals surface area contributed by atoms with Gasteiger partial charge >= 0.3 is 0 Å². The third kappa shape index (κ3) is 2.62. The van der Waals surface area contributed by atoms with Crippen molar-refractivity contribution in [3.05, 3.63) is 23.8 Å². The van der Waals surface area contributed by atoms with Crippen LogP contribution in [0.5, 0.6) is 0 Å². The highest BCUT2D eigenvalue weighted by molar-refractivity contribution is 7.09. The van der Waals surface area contributed by atoms with Crippen molar-refractivity contribution in [1.82, 2.24) is 29.2 Å². The highest BCUT2D eigenvalue weighted by Gasteiger charge is 2.27. The molecule has 130 valence electrons. The molecule has 0 aliphatic carbocycles. The molecule has 2 aliphatic rings. The first-order valence-electron chi connectivity index (χ1n) is 8.80. The molecule has 0 aromatic carbocycles. The molecule has 9 heteroatoms. The van der Waals surface area contributed by atoms with Crippen LogP contribution in [0.1, 0.15) is 36.8 Å². The van der Waals surface area contributed by atoms with Gasteiger partial charge in [-0.05, 0) is 38.3 Å². The summed E-state index contributed by atoms with van der Waals surface area (Å²) in [6.07, 6.45) is 3.32. The van der Waals surface area contributed by atoms with Gasteiger partial charge in [-0.25, -0.2) is 4.98 Å². The lowest BCUT2D eigenvalue weighted by Gasteiger charge is -2.32. The van der Waals surface area contributed by atoms with Crippen molar-refractivity contribution in [3.8, 4) is 0 Å². The Bertz CT molecular complexity index is 891. The lowest BCUT2D eigenvalue weighted by Crippen LogP contribution is -2.38. The van der Waals surface area contributed by atoms with Crippen LogP contribution in [0.25, 0.3) is 5.65 Å². The molecule has 3 aromatic heterocycles. The van der Waals surface area contributed by atoms with Gasteiger partial charge in [0, 0.05) is 43.6 Å². The van der Waals surface area contributed by atoms with E-state index >= 15 is 0 Å². The Hall–Kier alpha value is -2.29. The lowest BCUT2D eigenvalue weighted by molar-refractivity contribution is 0.476. The first-order valence-corrected chi connectivity index (χ1v) is 9.58. The predicted molar refractivity (Wildman–Crippen MR) is 96.4 cm³/mol. The lowest BCUT2D eigenvalue weighted by atomic mass is 9.96. The molecular weight excluding hydrogens is 336 g/mol. The molecule has 5 heterocycles. The normalized spacial score (nSPS) is 18.8. The van der Waals surface area contributed by atoms with Gasteiger partial charge in [0.2, 0.25) is 5.13 Å². The number of piperidine rings is 1. The summed E-state index contributed by atoms with van der Waals surface area (Å²) in [6, 6.07) is 4.07. The molecule has 2 fully saturated rings. The Morgan fingerprint density at radius 2 is 1.88 bits per heavy atom. The minimum atomic E-state index is 0.388. The van der Waals surface area contributed by atoms with Crippen LogP contribution in [0.2, 0.25) is 0 Å². The summed E-state index contributed by atoms with van der Waals surface area (Å²) >= 11 is 1.49. The number of rotatable bonds is 3. The van der Waals surface area contributed by atoms with E-state index in [1.807, 2.05) is 23.6 Å². The third-order valence-corrected chi connectivity index (χ3v) is 5.97. The minimum Gasteiger partial charge on any atom is -0.355 e. The Balaban J connectivity index is 1.36. The molecule has 0 radical (unpaired) electrons. The van der Waals surface area contributed by atoms with Gasteiger partial charge in [0.1, 0.15) is 11.6 Å². The van der Waals surface area contributed by atoms with Crippen molar-refractivity contribution in [2.45, 2.75) is 32.1 Å². The molecule has 0 N–H and O–H groups in total. The second kappa shape index (κ2) is 5.91. The molecule has 2 saturated heterocycles. The van der Waals surface area contributed by atoms with Crippen LogP contribution in [0.4, 0.5) is 10.9 Å². The summed E-state index contributed by atoms with van der Waals surface area (Å²) < 4.78 is 6.24. The molecule has 0 saturated carbocycles. The van der Waals surface area contributed by atoms with E-state index in [2.05, 4.69) is 29.4 Å². The number of anilines is 2. The quantitative estimate of drug-likeness (QED) is 0.709. The molecular formula is C16H20N8S. The molecule has 8 nitrogen and oxygen atoms in total. The minimum absolute atomic E-state index is 0.388. The maximum absolute atomic E-state index is 4.80. The number of aromatic nitrogens is 6. The first kappa shape index (κ1) is 15.0. The van der Waals surface area contributed by atoms with Crippen molar-refractivity contribution < 1.29 is 0 Å². The largest absolute Gasteiger partial charge is 0.355 e. The van der Waals surface area contributed by atoms with Crippen LogP contribution in [-0.4, -0.2) is 55.3 Å². The first-order chi connectivity index (χ1) is 12.3. The van der Waals surface area contributed by atoms with Gasteiger partial charge in [-0.3, -0.25) is 0 Å². The SMILES string of the molecule is Cc1nsc(N2CCC(c3nnc4ccc(N5CCC5)nn34)CC2)n1. The molecule has 0 unspecified atom stereocenters. The molecule has 0 atom stereocenters. The van der Waals surface area contributed by atoms with E-state index in [-0.39, 0.29) is 0 Å². The molecule has 0 amide bonds. The van der Waals surface area contributed by atoms with Gasteiger partial charge in [0.15, 0.2) is 11.5 Å². The zero-order valence-electron chi connectivity index (χ0n) is 14.2. The average Bonchev–Trinajstić information content (AvgIpc) is 3.19. The Morgan fingerprint density at radius 1 is 1.04 bits per heavy atom. The van der Waals surface area contributed by atoms with Crippen molar-refractivity contribution >= 4 is 28.1 Å². The van der Waals surface area contributed by atoms with Crippen LogP contribution in [0.15, 0.2) is 12.1 Å². The number of nitrogens with zero attached hydrogens (tertiary/aromatic N) is 8. The fourth-order valence-electron chi connectivity index (χ4n) is 3.51. The monoisotopic (exact) mass is 356 g/mol. The second-order valence-corrected chi connectivity index (χ2v) is 7.48. The van der Waals surface area contributed by atoms with Gasteiger partial charge in [0.25, 0.3) is 0 Å². The highest BCUT2D eigenvalue weighted by atomic mass is 32.1. The van der Waals surface area contributed by atoms with Gasteiger partial charge < -0.3 is 9.80 Å². The van der Waals surface area contributed by atoms with Crippen LogP contribution in [0.3, 0.4) is 0 Å². The fourth-order valence-corrected chi connectivity index (χ4v) is 4.23. The maximum Gasteiger partial charge on any atom is 0.205 e. The zero-order valence-corrected chi connectivity index (χ0v) is 15.0. The molecule has 0 bridgehead atoms. The second-order valence-electron chi connectivity index (χ2n) is 6.75. The van der Waals surface area contributed by atoms with Crippen molar-refractivity contribution in [1.29, 1.82) is 0 Å². The Kier molecular flexibility index (Phi) is 3.54. The summed E-state index contributed by atoms with van der Waals surface area (Å²) in [5, 5.41) is 14.6. The Morgan fingerprint density at radius 3 is 2.56 bits per heavy atom. The number of aryl methyl sites for hydroxylation is 1. The van der Waals surface area contributed by atoms with Crippen LogP contribution in [-0.2, 0) is 0 Å². The maximum atomic E-state index is 4.80. The van der Waals surface area contributed by atoms with E-state index in [4.69, 9.17) is 5.10 Å². The van der Waals surface area contributed by atoms with Gasteiger partial charge in [-0.1, -0.05) is 0 Å². The highest BCUT2D eigenvalue weighted by Crippen LogP contribution is 2.30. The molecule has 2 aliphatic heterocycles. The standard InChI is InChI=1S/C16H20N8S/c1-11-17-16(25-21-11)23-9-5-12(6-10-23)15-19-18-13-3-4-14(20-24(13)15)22-7-2-8-22/h3-4,12H,2,5-10H2,1H3. The predicted octanol–water partition coefficient (Wildman–Crippen LogP) is 1.88. The van der Waals surface area contributed by atoms with Crippen molar-refractivity contribution in [2.75, 3.05) is 36.0 Å². The molecule has 25 heavy (non-hydrogen) atoms. The summed E-state index contributed by atoms with van der Waals surface area (Å²) in [7, 11) is 0. The molecule has 3 aromatic rings. The van der Waals surface area contributed by atoms with E-state index < -0.39 is 0 Å². The number of hydrogen-bond acceptors (Lipinski definition) is 8. The van der Waals surface area contributed by atoms with Gasteiger partial charge in [-0.2, -0.15) is 8.89 Å². The smallest absolute Gasteiger partial charge is 0.205 e.